The molecule has 18 nitrogen and oxygen atoms in total. The first-order chi connectivity index (χ1) is 21.6. The van der Waals surface area contributed by atoms with Crippen LogP contribution in [0.15, 0.2) is 0 Å². The minimum absolute atomic E-state index is 0.101. The van der Waals surface area contributed by atoms with Crippen LogP contribution in [0.25, 0.3) is 0 Å². The second kappa shape index (κ2) is 15.9. The molecule has 3 fully saturated rings. The number of hydrazine groups is 2. The molecule has 18 heteroatoms. The lowest BCUT2D eigenvalue weighted by Crippen LogP contribution is -2.66. The first kappa shape index (κ1) is 37.0. The first-order valence-electron chi connectivity index (χ1n) is 15.5. The monoisotopic (exact) mass is 656 g/mol. The van der Waals surface area contributed by atoms with Crippen molar-refractivity contribution < 1.29 is 48.6 Å². The van der Waals surface area contributed by atoms with Gasteiger partial charge in [0.15, 0.2) is 12.1 Å². The van der Waals surface area contributed by atoms with Crippen molar-refractivity contribution in [1.29, 1.82) is 0 Å². The lowest BCUT2D eigenvalue weighted by molar-refractivity contribution is -0.195. The molecular formula is C28H48N8O10. The number of nitrogens with zero attached hydrogens (tertiary/aromatic N) is 4. The Morgan fingerprint density at radius 2 is 1.50 bits per heavy atom. The van der Waals surface area contributed by atoms with E-state index in [1.165, 1.54) is 28.0 Å². The molecule has 3 heterocycles. The van der Waals surface area contributed by atoms with Crippen molar-refractivity contribution in [2.45, 2.75) is 102 Å². The smallest absolute Gasteiger partial charge is 0.331 e. The van der Waals surface area contributed by atoms with Gasteiger partial charge in [0.2, 0.25) is 5.91 Å². The maximum atomic E-state index is 13.7. The Labute approximate surface area is 267 Å². The van der Waals surface area contributed by atoms with E-state index in [2.05, 4.69) is 16.2 Å². The Hall–Kier alpha value is -3.42. The van der Waals surface area contributed by atoms with Gasteiger partial charge in [0.1, 0.15) is 30.3 Å². The van der Waals surface area contributed by atoms with E-state index >= 15 is 0 Å². The van der Waals surface area contributed by atoms with Crippen LogP contribution in [0.2, 0.25) is 0 Å². The molecule has 0 bridgehead atoms. The number of cyclic esters (lactones) is 1. The summed E-state index contributed by atoms with van der Waals surface area (Å²) in [5.41, 5.74) is 12.0. The third-order valence-corrected chi connectivity index (χ3v) is 8.56. The summed E-state index contributed by atoms with van der Waals surface area (Å²) in [7, 11) is 2.57. The molecule has 0 aromatic carbocycles. The summed E-state index contributed by atoms with van der Waals surface area (Å²) in [5, 5.41) is 26.3. The van der Waals surface area contributed by atoms with Gasteiger partial charge in [-0.1, -0.05) is 13.8 Å². The van der Waals surface area contributed by atoms with Crippen LogP contribution in [0, 0.1) is 5.92 Å². The molecule has 0 aliphatic carbocycles. The fourth-order valence-corrected chi connectivity index (χ4v) is 5.68. The molecule has 0 aromatic heterocycles. The number of esters is 1. The number of fused-ring (bicyclic) bond motifs is 2. The van der Waals surface area contributed by atoms with Gasteiger partial charge in [-0.25, -0.2) is 20.7 Å². The zero-order chi connectivity index (χ0) is 34.5. The molecule has 5 amide bonds. The van der Waals surface area contributed by atoms with Gasteiger partial charge in [-0.3, -0.25) is 39.2 Å². The van der Waals surface area contributed by atoms with Gasteiger partial charge >= 0.3 is 5.97 Å². The van der Waals surface area contributed by atoms with Gasteiger partial charge in [0, 0.05) is 27.2 Å². The molecule has 0 radical (unpaired) electrons. The second-order valence-electron chi connectivity index (χ2n) is 12.2. The highest BCUT2D eigenvalue weighted by atomic mass is 16.5. The molecule has 0 aromatic rings. The third-order valence-electron chi connectivity index (χ3n) is 8.56. The molecule has 260 valence electrons. The van der Waals surface area contributed by atoms with E-state index in [1.807, 2.05) is 0 Å². The van der Waals surface area contributed by atoms with Gasteiger partial charge < -0.3 is 30.5 Å². The minimum atomic E-state index is -1.60. The largest absolute Gasteiger partial charge is 0.458 e. The van der Waals surface area contributed by atoms with Crippen molar-refractivity contribution in [2.75, 3.05) is 33.9 Å². The summed E-state index contributed by atoms with van der Waals surface area (Å²) < 4.78 is 10.8. The van der Waals surface area contributed by atoms with Crippen molar-refractivity contribution in [3.63, 3.8) is 0 Å². The molecule has 0 spiro atoms. The second-order valence-corrected chi connectivity index (χ2v) is 12.2. The molecule has 0 saturated carbocycles. The third kappa shape index (κ3) is 7.92. The van der Waals surface area contributed by atoms with Gasteiger partial charge in [-0.15, -0.1) is 0 Å². The number of methoxy groups -OCH3 is 1. The SMILES string of the molecule is COC[C@H]1C(=O)N(C)[C@H](C)C(=O)N2NCCC[C@H]2C(=O)N[C@H]([C@H](C)O)C(=O)O[C@@H](C(C)C)[C@H](N)C(=O)N2NCCC[C@@H]2C(=O)N1O. The minimum Gasteiger partial charge on any atom is -0.458 e. The summed E-state index contributed by atoms with van der Waals surface area (Å²) in [6, 6.07) is -8.34. The Bertz CT molecular complexity index is 1160. The molecule has 3 saturated heterocycles. The number of aliphatic hydroxyl groups is 1. The number of likely N-dealkylation sites (N-methyl/N-ethyl adjacent to an activating group) is 1. The van der Waals surface area contributed by atoms with Gasteiger partial charge in [-0.05, 0) is 45.4 Å². The van der Waals surface area contributed by atoms with Crippen LogP contribution in [0.1, 0.15) is 53.4 Å². The number of rotatable bonds is 4. The van der Waals surface area contributed by atoms with Crippen molar-refractivity contribution in [3.05, 3.63) is 0 Å². The number of hydrogen-bond acceptors (Lipinski definition) is 13. The average molecular weight is 657 g/mol. The number of hydrogen-bond donors (Lipinski definition) is 6. The van der Waals surface area contributed by atoms with Crippen LogP contribution in [-0.4, -0.2) is 148 Å². The fourth-order valence-electron chi connectivity index (χ4n) is 5.68. The maximum Gasteiger partial charge on any atom is 0.331 e. The molecule has 46 heavy (non-hydrogen) atoms. The van der Waals surface area contributed by atoms with Crippen molar-refractivity contribution >= 4 is 35.5 Å². The number of nitrogens with two attached hydrogens (primary N) is 1. The van der Waals surface area contributed by atoms with E-state index in [-0.39, 0.29) is 24.4 Å². The Balaban J connectivity index is 2.11. The molecule has 8 atom stereocenters. The summed E-state index contributed by atoms with van der Waals surface area (Å²) in [4.78, 5) is 82.8. The maximum absolute atomic E-state index is 13.7. The van der Waals surface area contributed by atoms with Crippen LogP contribution in [0.5, 0.6) is 0 Å². The topological polar surface area (TPSA) is 236 Å². The average Bonchev–Trinajstić information content (AvgIpc) is 3.04. The summed E-state index contributed by atoms with van der Waals surface area (Å²) in [6.45, 7) is 6.15. The Morgan fingerprint density at radius 3 is 2.04 bits per heavy atom. The van der Waals surface area contributed by atoms with Gasteiger partial charge in [0.25, 0.3) is 23.6 Å². The highest BCUT2D eigenvalue weighted by Gasteiger charge is 2.46. The molecule has 7 N–H and O–H groups in total. The summed E-state index contributed by atoms with van der Waals surface area (Å²) in [6.07, 6.45) is -1.49. The van der Waals surface area contributed by atoms with Crippen LogP contribution in [0.4, 0.5) is 0 Å². The lowest BCUT2D eigenvalue weighted by atomic mass is 9.97. The molecule has 3 rings (SSSR count). The van der Waals surface area contributed by atoms with E-state index in [0.717, 1.165) is 14.9 Å². The predicted molar refractivity (Wildman–Crippen MR) is 159 cm³/mol. The van der Waals surface area contributed by atoms with Crippen LogP contribution >= 0.6 is 0 Å². The highest BCUT2D eigenvalue weighted by Crippen LogP contribution is 2.21. The molecule has 3 aliphatic rings. The Morgan fingerprint density at radius 1 is 0.935 bits per heavy atom. The molecule has 3 aliphatic heterocycles. The van der Waals surface area contributed by atoms with E-state index in [4.69, 9.17) is 15.2 Å². The summed E-state index contributed by atoms with van der Waals surface area (Å²) in [5.74, 6) is -5.74. The predicted octanol–water partition coefficient (Wildman–Crippen LogP) is -3.17. The number of ether oxygens (including phenoxy) is 2. The number of carbonyl (C=O) groups excluding carboxylic acids is 6. The number of aliphatic hydroxyl groups excluding tert-OH is 1. The van der Waals surface area contributed by atoms with E-state index in [1.54, 1.807) is 13.8 Å². The normalized spacial score (nSPS) is 32.3. The Kier molecular flexibility index (Phi) is 12.8. The quantitative estimate of drug-likeness (QED) is 0.130. The number of nitrogens with one attached hydrogen (secondary N) is 3. The van der Waals surface area contributed by atoms with Crippen molar-refractivity contribution in [1.82, 2.24) is 36.1 Å². The van der Waals surface area contributed by atoms with Gasteiger partial charge in [-0.2, -0.15) is 0 Å². The van der Waals surface area contributed by atoms with Gasteiger partial charge in [0.05, 0.1) is 12.7 Å². The van der Waals surface area contributed by atoms with Crippen LogP contribution in [-0.2, 0) is 38.2 Å². The molecule has 0 unspecified atom stereocenters. The number of hydroxylamine groups is 2. The van der Waals surface area contributed by atoms with E-state index in [9.17, 15) is 39.1 Å². The molecular weight excluding hydrogens is 608 g/mol. The standard InChI is InChI=1S/C28H48N8O10/c1-14(2)22-20(29)27(42)35-18(10-8-12-31-35)26(41)36(44)19(13-45-6)25(40)33(5)15(3)24(39)34-17(9-7-11-30-34)23(38)32-21(16(4)37)28(43)46-22/h14-22,30-31,37,44H,7-13,29H2,1-6H3,(H,32,38)/t15-,16+,17+,18-,19+,20+,21-,22+/m1/s1. The van der Waals surface area contributed by atoms with Crippen LogP contribution in [0.3, 0.4) is 0 Å². The van der Waals surface area contributed by atoms with Crippen molar-refractivity contribution in [2.24, 2.45) is 11.7 Å². The van der Waals surface area contributed by atoms with Crippen LogP contribution < -0.4 is 21.9 Å². The fraction of sp³-hybridized carbons (Fsp3) is 0.786. The zero-order valence-electron chi connectivity index (χ0n) is 27.2. The zero-order valence-corrected chi connectivity index (χ0v) is 27.2. The highest BCUT2D eigenvalue weighted by molar-refractivity contribution is 5.96. The first-order valence-corrected chi connectivity index (χ1v) is 15.5. The van der Waals surface area contributed by atoms with Crippen molar-refractivity contribution in [3.8, 4) is 0 Å². The number of amides is 5. The van der Waals surface area contributed by atoms with E-state index in [0.29, 0.717) is 19.4 Å². The number of carbonyl (C=O) groups is 6. The lowest BCUT2D eigenvalue weighted by Gasteiger charge is -2.40. The van der Waals surface area contributed by atoms with E-state index < -0.39 is 96.5 Å². The summed E-state index contributed by atoms with van der Waals surface area (Å²) >= 11 is 0.